The van der Waals surface area contributed by atoms with E-state index in [1.54, 1.807) is 7.05 Å². The third-order valence-corrected chi connectivity index (χ3v) is 9.44. The van der Waals surface area contributed by atoms with Crippen LogP contribution in [0.5, 0.6) is 0 Å². The van der Waals surface area contributed by atoms with Crippen LogP contribution in [0, 0.1) is 0 Å². The molecule has 34 heavy (non-hydrogen) atoms. The average molecular weight is 496 g/mol. The minimum Gasteiger partial charge on any atom is -0.355 e. The number of thiophene rings is 1. The predicted molar refractivity (Wildman–Crippen MR) is 133 cm³/mol. The highest BCUT2D eigenvalue weighted by Gasteiger charge is 2.31. The third-order valence-electron chi connectivity index (χ3n) is 6.40. The van der Waals surface area contributed by atoms with E-state index in [1.807, 2.05) is 24.3 Å². The van der Waals surface area contributed by atoms with E-state index in [2.05, 4.69) is 10.6 Å². The van der Waals surface area contributed by atoms with Gasteiger partial charge in [-0.1, -0.05) is 18.2 Å². The first-order chi connectivity index (χ1) is 16.4. The van der Waals surface area contributed by atoms with Gasteiger partial charge < -0.3 is 10.6 Å². The van der Waals surface area contributed by atoms with Gasteiger partial charge in [-0.05, 0) is 73.6 Å². The van der Waals surface area contributed by atoms with Gasteiger partial charge >= 0.3 is 0 Å². The highest BCUT2D eigenvalue weighted by molar-refractivity contribution is 7.92. The van der Waals surface area contributed by atoms with Crippen molar-refractivity contribution >= 4 is 43.9 Å². The molecule has 7 nitrogen and oxygen atoms in total. The van der Waals surface area contributed by atoms with Gasteiger partial charge in [0.15, 0.2) is 0 Å². The van der Waals surface area contributed by atoms with Crippen LogP contribution in [0.1, 0.15) is 49.6 Å². The molecule has 0 atom stereocenters. The monoisotopic (exact) mass is 495 g/mol. The van der Waals surface area contributed by atoms with Crippen molar-refractivity contribution in [2.45, 2.75) is 37.0 Å². The van der Waals surface area contributed by atoms with Gasteiger partial charge in [-0.3, -0.25) is 13.9 Å². The number of carbonyl (C=O) groups is 2. The molecule has 2 amide bonds. The van der Waals surface area contributed by atoms with Crippen molar-refractivity contribution in [3.8, 4) is 0 Å². The maximum Gasteiger partial charge on any atom is 0.264 e. The lowest BCUT2D eigenvalue weighted by molar-refractivity contribution is 0.0963. The highest BCUT2D eigenvalue weighted by atomic mass is 32.2. The Morgan fingerprint density at radius 2 is 1.68 bits per heavy atom. The minimum absolute atomic E-state index is 0.137. The normalized spacial score (nSPS) is 14.9. The van der Waals surface area contributed by atoms with Crippen LogP contribution >= 0.6 is 11.3 Å². The first-order valence-electron chi connectivity index (χ1n) is 11.3. The summed E-state index contributed by atoms with van der Waals surface area (Å²) in [6.45, 7) is 0.398. The van der Waals surface area contributed by atoms with Gasteiger partial charge in [-0.25, -0.2) is 8.42 Å². The van der Waals surface area contributed by atoms with Crippen molar-refractivity contribution in [3.05, 3.63) is 75.7 Å². The molecule has 2 aromatic carbocycles. The molecule has 0 radical (unpaired) electrons. The summed E-state index contributed by atoms with van der Waals surface area (Å²) >= 11 is 1.45. The fourth-order valence-electron chi connectivity index (χ4n) is 4.66. The van der Waals surface area contributed by atoms with Crippen LogP contribution in [0.3, 0.4) is 0 Å². The predicted octanol–water partition coefficient (Wildman–Crippen LogP) is 3.99. The van der Waals surface area contributed by atoms with E-state index in [0.717, 1.165) is 41.7 Å². The molecule has 1 aliphatic heterocycles. The summed E-state index contributed by atoms with van der Waals surface area (Å²) in [6.07, 6.45) is 4.51. The summed E-state index contributed by atoms with van der Waals surface area (Å²) in [6, 6.07) is 13.4. The number of benzene rings is 2. The maximum atomic E-state index is 13.2. The molecule has 0 unspecified atom stereocenters. The van der Waals surface area contributed by atoms with Crippen LogP contribution in [-0.4, -0.2) is 33.8 Å². The first kappa shape index (κ1) is 22.6. The Hall–Kier alpha value is -3.17. The van der Waals surface area contributed by atoms with Gasteiger partial charge in [0.05, 0.1) is 16.1 Å². The van der Waals surface area contributed by atoms with E-state index >= 15 is 0 Å². The second-order valence-corrected chi connectivity index (χ2v) is 11.4. The van der Waals surface area contributed by atoms with Crippen LogP contribution in [0.4, 0.5) is 10.7 Å². The van der Waals surface area contributed by atoms with Crippen LogP contribution < -0.4 is 14.9 Å². The molecule has 3 aromatic rings. The molecule has 0 saturated heterocycles. The summed E-state index contributed by atoms with van der Waals surface area (Å²) in [5, 5.41) is 6.10. The Morgan fingerprint density at radius 3 is 2.44 bits per heavy atom. The molecule has 0 fully saturated rings. The van der Waals surface area contributed by atoms with Crippen molar-refractivity contribution < 1.29 is 18.0 Å². The number of anilines is 2. The zero-order chi connectivity index (χ0) is 23.9. The Morgan fingerprint density at radius 1 is 0.941 bits per heavy atom. The summed E-state index contributed by atoms with van der Waals surface area (Å²) in [5.41, 5.74) is 3.61. The molecule has 0 saturated carbocycles. The van der Waals surface area contributed by atoms with Crippen molar-refractivity contribution in [3.63, 3.8) is 0 Å². The number of rotatable bonds is 5. The molecule has 2 N–H and O–H groups in total. The Labute approximate surface area is 202 Å². The Balaban J connectivity index is 1.38. The largest absolute Gasteiger partial charge is 0.355 e. The second kappa shape index (κ2) is 8.88. The topological polar surface area (TPSA) is 95.6 Å². The van der Waals surface area contributed by atoms with Crippen LogP contribution in [0.25, 0.3) is 0 Å². The second-order valence-electron chi connectivity index (χ2n) is 8.43. The molecular formula is C25H25N3O4S2. The molecule has 2 heterocycles. The zero-order valence-electron chi connectivity index (χ0n) is 18.8. The van der Waals surface area contributed by atoms with Crippen LogP contribution in [0.2, 0.25) is 0 Å². The Kier molecular flexibility index (Phi) is 5.91. The SMILES string of the molecule is CNC(=O)c1c(NC(=O)c2ccc(S(=O)(=O)N3CCc4ccccc43)cc2)sc2c1CCCC2. The van der Waals surface area contributed by atoms with E-state index in [-0.39, 0.29) is 16.7 Å². The molecule has 0 spiro atoms. The number of hydrogen-bond acceptors (Lipinski definition) is 5. The van der Waals surface area contributed by atoms with E-state index in [9.17, 15) is 18.0 Å². The van der Waals surface area contributed by atoms with Crippen molar-refractivity contribution in [2.75, 3.05) is 23.2 Å². The van der Waals surface area contributed by atoms with Gasteiger partial charge in [0.25, 0.3) is 21.8 Å². The van der Waals surface area contributed by atoms with Gasteiger partial charge in [0.1, 0.15) is 5.00 Å². The summed E-state index contributed by atoms with van der Waals surface area (Å²) < 4.78 is 27.9. The van der Waals surface area contributed by atoms with Gasteiger partial charge in [-0.2, -0.15) is 0 Å². The van der Waals surface area contributed by atoms with E-state index < -0.39 is 10.0 Å². The van der Waals surface area contributed by atoms with Crippen LogP contribution in [0.15, 0.2) is 53.4 Å². The van der Waals surface area contributed by atoms with Gasteiger partial charge in [0, 0.05) is 24.0 Å². The van der Waals surface area contributed by atoms with E-state index in [0.29, 0.717) is 34.8 Å². The molecular weight excluding hydrogens is 470 g/mol. The lowest BCUT2D eigenvalue weighted by atomic mass is 9.95. The number of nitrogens with one attached hydrogen (secondary N) is 2. The lowest BCUT2D eigenvalue weighted by Gasteiger charge is -2.19. The lowest BCUT2D eigenvalue weighted by Crippen LogP contribution is -2.29. The van der Waals surface area contributed by atoms with Crippen molar-refractivity contribution in [1.29, 1.82) is 0 Å². The number of sulfonamides is 1. The van der Waals surface area contributed by atoms with E-state index in [1.165, 1.54) is 39.9 Å². The third kappa shape index (κ3) is 3.88. The molecule has 9 heteroatoms. The standard InChI is InChI=1S/C25H25N3O4S2/c1-26-24(30)22-19-7-3-5-9-21(19)33-25(22)27-23(29)17-10-12-18(13-11-17)34(31,32)28-15-14-16-6-2-4-8-20(16)28/h2,4,6,8,10-13H,3,5,7,9,14-15H2,1H3,(H,26,30)(H,27,29). The first-order valence-corrected chi connectivity index (χ1v) is 13.5. The highest BCUT2D eigenvalue weighted by Crippen LogP contribution is 2.38. The summed E-state index contributed by atoms with van der Waals surface area (Å²) in [7, 11) is -2.14. The number of para-hydroxylation sites is 1. The quantitative estimate of drug-likeness (QED) is 0.560. The number of hydrogen-bond donors (Lipinski definition) is 2. The number of carbonyl (C=O) groups excluding carboxylic acids is 2. The Bertz CT molecular complexity index is 1380. The van der Waals surface area contributed by atoms with Crippen molar-refractivity contribution in [1.82, 2.24) is 5.32 Å². The number of nitrogens with zero attached hydrogens (tertiary/aromatic N) is 1. The smallest absolute Gasteiger partial charge is 0.264 e. The van der Waals surface area contributed by atoms with Gasteiger partial charge in [0.2, 0.25) is 0 Å². The van der Waals surface area contributed by atoms with Gasteiger partial charge in [-0.15, -0.1) is 11.3 Å². The van der Waals surface area contributed by atoms with Crippen LogP contribution in [-0.2, 0) is 29.3 Å². The molecule has 1 aromatic heterocycles. The summed E-state index contributed by atoms with van der Waals surface area (Å²) in [4.78, 5) is 26.8. The average Bonchev–Trinajstić information content (AvgIpc) is 3.45. The fraction of sp³-hybridized carbons (Fsp3) is 0.280. The maximum absolute atomic E-state index is 13.2. The van der Waals surface area contributed by atoms with E-state index in [4.69, 9.17) is 0 Å². The number of amides is 2. The molecule has 0 bridgehead atoms. The molecule has 2 aliphatic rings. The van der Waals surface area contributed by atoms with Crippen molar-refractivity contribution in [2.24, 2.45) is 0 Å². The molecule has 5 rings (SSSR count). The summed E-state index contributed by atoms with van der Waals surface area (Å²) in [5.74, 6) is -0.582. The molecule has 1 aliphatic carbocycles. The minimum atomic E-state index is -3.73. The fourth-order valence-corrected chi connectivity index (χ4v) is 7.44. The zero-order valence-corrected chi connectivity index (χ0v) is 20.4. The molecule has 176 valence electrons. The number of fused-ring (bicyclic) bond motifs is 2. The number of aryl methyl sites for hydroxylation is 1.